The molecule has 0 saturated carbocycles. The first-order valence-electron chi connectivity index (χ1n) is 4.47. The molecule has 0 atom stereocenters. The number of nitrogens with zero attached hydrogens (tertiary/aromatic N) is 1. The lowest BCUT2D eigenvalue weighted by molar-refractivity contribution is -0.135. The fraction of sp³-hybridized carbons (Fsp3) is 0.100. The van der Waals surface area contributed by atoms with Gasteiger partial charge in [0.25, 0.3) is 0 Å². The second kappa shape index (κ2) is 5.12. The summed E-state index contributed by atoms with van der Waals surface area (Å²) in [7, 11) is 3.77. The van der Waals surface area contributed by atoms with E-state index in [0.29, 0.717) is 16.1 Å². The second-order valence-electron chi connectivity index (χ2n) is 3.07. The molecule has 0 saturated heterocycles. The van der Waals surface area contributed by atoms with E-state index in [1.54, 1.807) is 0 Å². The molecule has 0 N–H and O–H groups in total. The number of carbonyl (C=O) groups is 2. The van der Waals surface area contributed by atoms with Gasteiger partial charge in [-0.25, -0.2) is 4.79 Å². The Morgan fingerprint density at radius 3 is 2.82 bits per heavy atom. The van der Waals surface area contributed by atoms with Crippen LogP contribution in [0.3, 0.4) is 0 Å². The first kappa shape index (κ1) is 12.5. The Balaban J connectivity index is 2.44. The van der Waals surface area contributed by atoms with Crippen molar-refractivity contribution in [1.82, 2.24) is 0 Å². The molecule has 2 aliphatic rings. The minimum absolute atomic E-state index is 0.198. The number of carbonyl (C=O) groups excluding carboxylic acids is 2. The average Bonchev–Trinajstić information content (AvgIpc) is 2.75. The van der Waals surface area contributed by atoms with Gasteiger partial charge in [-0.1, -0.05) is 11.6 Å². The van der Waals surface area contributed by atoms with Crippen molar-refractivity contribution in [2.75, 3.05) is 7.11 Å². The van der Waals surface area contributed by atoms with Gasteiger partial charge in [-0.2, -0.15) is 4.40 Å². The number of methoxy groups -OCH3 is 1. The largest absolute Gasteiger partial charge is 0.465 e. The summed E-state index contributed by atoms with van der Waals surface area (Å²) in [4.78, 5) is 23.6. The van der Waals surface area contributed by atoms with Gasteiger partial charge >= 0.3 is 5.97 Å². The summed E-state index contributed by atoms with van der Waals surface area (Å²) in [6.45, 7) is 0. The molecule has 0 aromatic carbocycles. The van der Waals surface area contributed by atoms with Crippen LogP contribution in [0.4, 0.5) is 0 Å². The van der Waals surface area contributed by atoms with Crippen LogP contribution >= 0.6 is 33.4 Å². The predicted octanol–water partition coefficient (Wildman–Crippen LogP) is 2.43. The molecular formula is C10H6ClNO3S2. The van der Waals surface area contributed by atoms with Gasteiger partial charge in [0.15, 0.2) is 11.0 Å². The van der Waals surface area contributed by atoms with Crippen molar-refractivity contribution in [3.63, 3.8) is 0 Å². The third-order valence-corrected chi connectivity index (χ3v) is 4.42. The topological polar surface area (TPSA) is 55.7 Å². The number of allylic oxidation sites excluding steroid dienone is 4. The minimum Gasteiger partial charge on any atom is -0.465 e. The number of esters is 1. The van der Waals surface area contributed by atoms with Gasteiger partial charge in [-0.05, 0) is 29.0 Å². The lowest BCUT2D eigenvalue weighted by atomic mass is 10.0. The van der Waals surface area contributed by atoms with Gasteiger partial charge in [-0.15, -0.1) is 0 Å². The molecular weight excluding hydrogens is 282 g/mol. The summed E-state index contributed by atoms with van der Waals surface area (Å²) in [5, 5.41) is 0.277. The highest BCUT2D eigenvalue weighted by Gasteiger charge is 2.24. The summed E-state index contributed by atoms with van der Waals surface area (Å²) in [5.74, 6) is -0.688. The SMILES string of the molecule is COC(=O)C1=CC(=C2SSN=C2Cl)C(=O)C=C1. The first-order valence-corrected chi connectivity index (χ1v) is 6.96. The zero-order valence-corrected chi connectivity index (χ0v) is 11.0. The van der Waals surface area contributed by atoms with Crippen molar-refractivity contribution in [2.24, 2.45) is 4.40 Å². The van der Waals surface area contributed by atoms with E-state index in [2.05, 4.69) is 9.13 Å². The van der Waals surface area contributed by atoms with Crippen molar-refractivity contribution >= 4 is 50.3 Å². The van der Waals surface area contributed by atoms with Gasteiger partial charge in [0.1, 0.15) is 0 Å². The third kappa shape index (κ3) is 2.48. The molecule has 88 valence electrons. The van der Waals surface area contributed by atoms with E-state index < -0.39 is 5.97 Å². The number of ketones is 1. The lowest BCUT2D eigenvalue weighted by Crippen LogP contribution is -2.11. The number of halogens is 1. The summed E-state index contributed by atoms with van der Waals surface area (Å²) >= 11 is 5.87. The molecule has 17 heavy (non-hydrogen) atoms. The zero-order chi connectivity index (χ0) is 12.4. The van der Waals surface area contributed by atoms with Gasteiger partial charge in [0.2, 0.25) is 0 Å². The van der Waals surface area contributed by atoms with Crippen LogP contribution in [0.15, 0.2) is 38.7 Å². The molecule has 0 amide bonds. The Morgan fingerprint density at radius 2 is 2.24 bits per heavy atom. The van der Waals surface area contributed by atoms with Gasteiger partial charge in [0.05, 0.1) is 28.6 Å². The number of ether oxygens (including phenoxy) is 1. The summed E-state index contributed by atoms with van der Waals surface area (Å²) in [6.07, 6.45) is 4.22. The molecule has 0 fully saturated rings. The fourth-order valence-electron chi connectivity index (χ4n) is 1.27. The standard InChI is InChI=1S/C10H6ClNO3S2/c1-15-10(14)5-2-3-7(13)6(4-5)8-9(11)12-17-16-8/h2-4H,1H3. The molecule has 0 bridgehead atoms. The van der Waals surface area contributed by atoms with E-state index in [1.165, 1.54) is 47.1 Å². The molecule has 1 aliphatic heterocycles. The highest BCUT2D eigenvalue weighted by atomic mass is 35.5. The highest BCUT2D eigenvalue weighted by Crippen LogP contribution is 2.43. The normalized spacial score (nSPS) is 23.5. The summed E-state index contributed by atoms with van der Waals surface area (Å²) in [6, 6.07) is 0. The fourth-order valence-corrected chi connectivity index (χ4v) is 3.61. The van der Waals surface area contributed by atoms with Crippen molar-refractivity contribution in [3.8, 4) is 0 Å². The summed E-state index contributed by atoms with van der Waals surface area (Å²) in [5.41, 5.74) is 0.688. The van der Waals surface area contributed by atoms with Crippen LogP contribution < -0.4 is 0 Å². The van der Waals surface area contributed by atoms with Crippen LogP contribution in [-0.4, -0.2) is 24.0 Å². The minimum atomic E-state index is -0.490. The predicted molar refractivity (Wildman–Crippen MR) is 69.7 cm³/mol. The second-order valence-corrected chi connectivity index (χ2v) is 5.28. The van der Waals surface area contributed by atoms with E-state index in [4.69, 9.17) is 11.6 Å². The van der Waals surface area contributed by atoms with Crippen LogP contribution in [0, 0.1) is 0 Å². The number of hydrogen-bond acceptors (Lipinski definition) is 6. The first-order chi connectivity index (χ1) is 8.13. The van der Waals surface area contributed by atoms with Crippen molar-refractivity contribution < 1.29 is 14.3 Å². The molecule has 0 radical (unpaired) electrons. The smallest absolute Gasteiger partial charge is 0.337 e. The zero-order valence-electron chi connectivity index (χ0n) is 8.60. The molecule has 1 heterocycles. The van der Waals surface area contributed by atoms with E-state index in [0.717, 1.165) is 0 Å². The molecule has 1 aliphatic carbocycles. The van der Waals surface area contributed by atoms with E-state index in [9.17, 15) is 9.59 Å². The van der Waals surface area contributed by atoms with Crippen LogP contribution in [0.25, 0.3) is 0 Å². The van der Waals surface area contributed by atoms with Gasteiger partial charge in [0, 0.05) is 5.57 Å². The number of hydrogen-bond donors (Lipinski definition) is 0. The molecule has 0 aromatic rings. The number of rotatable bonds is 1. The summed E-state index contributed by atoms with van der Waals surface area (Å²) < 4.78 is 8.49. The Bertz CT molecular complexity index is 520. The highest BCUT2D eigenvalue weighted by molar-refractivity contribution is 8.78. The molecule has 4 nitrogen and oxygen atoms in total. The quantitative estimate of drug-likeness (QED) is 0.321. The lowest BCUT2D eigenvalue weighted by Gasteiger charge is -2.08. The van der Waals surface area contributed by atoms with Crippen LogP contribution in [0.1, 0.15) is 0 Å². The van der Waals surface area contributed by atoms with E-state index >= 15 is 0 Å². The molecule has 0 spiro atoms. The maximum Gasteiger partial charge on any atom is 0.337 e. The van der Waals surface area contributed by atoms with Crippen LogP contribution in [0.2, 0.25) is 0 Å². The van der Waals surface area contributed by atoms with Crippen molar-refractivity contribution in [3.05, 3.63) is 34.3 Å². The molecule has 0 aromatic heterocycles. The van der Waals surface area contributed by atoms with Crippen molar-refractivity contribution in [1.29, 1.82) is 0 Å². The van der Waals surface area contributed by atoms with Crippen LogP contribution in [0.5, 0.6) is 0 Å². The Morgan fingerprint density at radius 1 is 1.47 bits per heavy atom. The van der Waals surface area contributed by atoms with Gasteiger partial charge < -0.3 is 4.74 Å². The third-order valence-electron chi connectivity index (χ3n) is 2.07. The van der Waals surface area contributed by atoms with Crippen molar-refractivity contribution in [2.45, 2.75) is 0 Å². The average molecular weight is 288 g/mol. The Kier molecular flexibility index (Phi) is 3.76. The van der Waals surface area contributed by atoms with E-state index in [1.807, 2.05) is 0 Å². The molecule has 7 heteroatoms. The Hall–Kier alpha value is -0.980. The van der Waals surface area contributed by atoms with Gasteiger partial charge in [-0.3, -0.25) is 4.79 Å². The molecule has 0 unspecified atom stereocenters. The van der Waals surface area contributed by atoms with Crippen LogP contribution in [-0.2, 0) is 14.3 Å². The monoisotopic (exact) mass is 287 g/mol. The maximum atomic E-state index is 11.7. The molecule has 2 rings (SSSR count). The maximum absolute atomic E-state index is 11.7. The Labute approximate surface area is 110 Å². The van der Waals surface area contributed by atoms with E-state index in [-0.39, 0.29) is 11.0 Å².